The summed E-state index contributed by atoms with van der Waals surface area (Å²) in [6.45, 7) is 3.79. The van der Waals surface area contributed by atoms with E-state index in [0.717, 1.165) is 33.6 Å². The molecule has 2 aromatic carbocycles. The highest BCUT2D eigenvalue weighted by Crippen LogP contribution is 2.35. The first-order chi connectivity index (χ1) is 13.6. The summed E-state index contributed by atoms with van der Waals surface area (Å²) < 4.78 is 5.34. The second kappa shape index (κ2) is 7.38. The second-order valence-electron chi connectivity index (χ2n) is 7.14. The predicted molar refractivity (Wildman–Crippen MR) is 108 cm³/mol. The molecule has 0 spiro atoms. The number of hydrazone groups is 1. The molecule has 6 nitrogen and oxygen atoms in total. The zero-order chi connectivity index (χ0) is 19.7. The smallest absolute Gasteiger partial charge is 0.245 e. The zero-order valence-corrected chi connectivity index (χ0v) is 16.2. The molecule has 0 saturated carbocycles. The summed E-state index contributed by atoms with van der Waals surface area (Å²) in [7, 11) is 1.64. The highest BCUT2D eigenvalue weighted by Gasteiger charge is 2.34. The lowest BCUT2D eigenvalue weighted by molar-refractivity contribution is -0.136. The van der Waals surface area contributed by atoms with Gasteiger partial charge < -0.3 is 4.74 Å². The number of amides is 1. The van der Waals surface area contributed by atoms with Crippen LogP contribution in [0, 0.1) is 5.92 Å². The zero-order valence-electron chi connectivity index (χ0n) is 16.2. The molecule has 0 fully saturated rings. The number of benzene rings is 2. The van der Waals surface area contributed by atoms with Gasteiger partial charge in [0.1, 0.15) is 5.75 Å². The highest BCUT2D eigenvalue weighted by molar-refractivity contribution is 6.03. The van der Waals surface area contributed by atoms with Gasteiger partial charge in [-0.15, -0.1) is 0 Å². The van der Waals surface area contributed by atoms with Crippen LogP contribution in [-0.4, -0.2) is 33.7 Å². The largest absolute Gasteiger partial charge is 0.497 e. The molecule has 0 N–H and O–H groups in total. The van der Waals surface area contributed by atoms with Gasteiger partial charge in [0.2, 0.25) is 5.91 Å². The van der Waals surface area contributed by atoms with Gasteiger partial charge in [0.15, 0.2) is 0 Å². The van der Waals surface area contributed by atoms with Gasteiger partial charge in [-0.05, 0) is 29.8 Å². The maximum absolute atomic E-state index is 12.9. The lowest BCUT2D eigenvalue weighted by Gasteiger charge is -2.23. The number of fused-ring (bicyclic) bond motifs is 1. The Balaban J connectivity index is 1.74. The van der Waals surface area contributed by atoms with Crippen molar-refractivity contribution in [3.63, 3.8) is 0 Å². The Morgan fingerprint density at radius 2 is 1.89 bits per heavy atom. The monoisotopic (exact) mass is 374 g/mol. The molecule has 28 heavy (non-hydrogen) atoms. The molecule has 0 radical (unpaired) electrons. The van der Waals surface area contributed by atoms with Gasteiger partial charge >= 0.3 is 0 Å². The molecule has 0 bridgehead atoms. The fourth-order valence-electron chi connectivity index (χ4n) is 3.40. The van der Waals surface area contributed by atoms with Crippen molar-refractivity contribution in [1.29, 1.82) is 0 Å². The van der Waals surface area contributed by atoms with Crippen molar-refractivity contribution in [3.05, 3.63) is 66.0 Å². The molecule has 4 rings (SSSR count). The highest BCUT2D eigenvalue weighted by atomic mass is 16.5. The topological polar surface area (TPSA) is 67.7 Å². The number of aromatic nitrogens is 2. The van der Waals surface area contributed by atoms with Gasteiger partial charge in [-0.25, -0.2) is 5.01 Å². The minimum Gasteiger partial charge on any atom is -0.497 e. The molecule has 2 heterocycles. The molecule has 1 atom stereocenters. The molecule has 1 aliphatic rings. The maximum Gasteiger partial charge on any atom is 0.245 e. The van der Waals surface area contributed by atoms with E-state index in [1.54, 1.807) is 24.5 Å². The third-order valence-electron chi connectivity index (χ3n) is 4.91. The van der Waals surface area contributed by atoms with E-state index >= 15 is 0 Å². The summed E-state index contributed by atoms with van der Waals surface area (Å²) in [5, 5.41) is 6.32. The van der Waals surface area contributed by atoms with Gasteiger partial charge in [-0.1, -0.05) is 32.0 Å². The number of nitrogens with zero attached hydrogens (tertiary/aromatic N) is 4. The van der Waals surface area contributed by atoms with Crippen molar-refractivity contribution in [2.45, 2.75) is 26.3 Å². The SMILES string of the molecule is COc1cccc(C2=NN(C(=O)C(C)C)[C@@H](c3ccc4nccnc4c3)C2)c1. The van der Waals surface area contributed by atoms with E-state index in [9.17, 15) is 4.79 Å². The van der Waals surface area contributed by atoms with Gasteiger partial charge in [0.25, 0.3) is 0 Å². The Hall–Kier alpha value is -3.28. The number of carbonyl (C=O) groups excluding carboxylic acids is 1. The van der Waals surface area contributed by atoms with E-state index in [2.05, 4.69) is 9.97 Å². The Morgan fingerprint density at radius 3 is 2.64 bits per heavy atom. The summed E-state index contributed by atoms with van der Waals surface area (Å²) in [6.07, 6.45) is 3.99. The minimum atomic E-state index is -0.164. The Bertz CT molecular complexity index is 1060. The van der Waals surface area contributed by atoms with Gasteiger partial charge in [0.05, 0.1) is 29.9 Å². The first-order valence-corrected chi connectivity index (χ1v) is 9.32. The maximum atomic E-state index is 12.9. The van der Waals surface area contributed by atoms with Gasteiger partial charge in [-0.3, -0.25) is 14.8 Å². The van der Waals surface area contributed by atoms with Crippen LogP contribution < -0.4 is 4.74 Å². The number of rotatable bonds is 4. The quantitative estimate of drug-likeness (QED) is 0.693. The lowest BCUT2D eigenvalue weighted by atomic mass is 9.97. The van der Waals surface area contributed by atoms with Crippen LogP contribution in [0.2, 0.25) is 0 Å². The van der Waals surface area contributed by atoms with Crippen LogP contribution in [-0.2, 0) is 4.79 Å². The minimum absolute atomic E-state index is 0.00198. The van der Waals surface area contributed by atoms with Crippen molar-refractivity contribution in [3.8, 4) is 5.75 Å². The number of carbonyl (C=O) groups is 1. The first kappa shape index (κ1) is 18.1. The third-order valence-corrected chi connectivity index (χ3v) is 4.91. The number of ether oxygens (including phenoxy) is 1. The average Bonchev–Trinajstić information content (AvgIpc) is 3.18. The molecule has 6 heteroatoms. The third kappa shape index (κ3) is 3.33. The van der Waals surface area contributed by atoms with Crippen LogP contribution in [0.3, 0.4) is 0 Å². The van der Waals surface area contributed by atoms with Crippen LogP contribution in [0.25, 0.3) is 11.0 Å². The first-order valence-electron chi connectivity index (χ1n) is 9.32. The fraction of sp³-hybridized carbons (Fsp3) is 0.273. The number of hydrogen-bond acceptors (Lipinski definition) is 5. The van der Waals surface area contributed by atoms with Gasteiger partial charge in [-0.2, -0.15) is 5.10 Å². The average molecular weight is 374 g/mol. The van der Waals surface area contributed by atoms with Crippen molar-refractivity contribution in [2.75, 3.05) is 7.11 Å². The fourth-order valence-corrected chi connectivity index (χ4v) is 3.40. The molecule has 0 aliphatic carbocycles. The van der Waals surface area contributed by atoms with Crippen molar-refractivity contribution in [1.82, 2.24) is 15.0 Å². The molecule has 1 aromatic heterocycles. The molecule has 3 aromatic rings. The summed E-state index contributed by atoms with van der Waals surface area (Å²) >= 11 is 0. The molecule has 0 unspecified atom stereocenters. The number of methoxy groups -OCH3 is 1. The van der Waals surface area contributed by atoms with Crippen LogP contribution in [0.5, 0.6) is 5.75 Å². The van der Waals surface area contributed by atoms with Crippen LogP contribution in [0.1, 0.15) is 37.4 Å². The molecule has 1 aliphatic heterocycles. The molecule has 142 valence electrons. The van der Waals surface area contributed by atoms with E-state index < -0.39 is 0 Å². The molecular formula is C22H22N4O2. The molecular weight excluding hydrogens is 352 g/mol. The standard InChI is InChI=1S/C22H22N4O2/c1-14(2)22(27)26-21(16-7-8-18-20(12-16)24-10-9-23-18)13-19(25-26)15-5-4-6-17(11-15)28-3/h4-12,14,21H,13H2,1-3H3/t21-/m1/s1. The number of hydrogen-bond donors (Lipinski definition) is 0. The van der Waals surface area contributed by atoms with E-state index in [1.807, 2.05) is 56.3 Å². The van der Waals surface area contributed by atoms with Gasteiger partial charge in [0, 0.05) is 30.3 Å². The summed E-state index contributed by atoms with van der Waals surface area (Å²) in [5.74, 6) is 0.629. The van der Waals surface area contributed by atoms with E-state index in [4.69, 9.17) is 9.84 Å². The van der Waals surface area contributed by atoms with Crippen LogP contribution in [0.15, 0.2) is 60.0 Å². The van der Waals surface area contributed by atoms with E-state index in [0.29, 0.717) is 6.42 Å². The van der Waals surface area contributed by atoms with Crippen molar-refractivity contribution >= 4 is 22.7 Å². The lowest BCUT2D eigenvalue weighted by Crippen LogP contribution is -2.30. The van der Waals surface area contributed by atoms with E-state index in [1.165, 1.54) is 0 Å². The molecule has 1 amide bonds. The predicted octanol–water partition coefficient (Wildman–Crippen LogP) is 3.97. The Labute approximate surface area is 163 Å². The van der Waals surface area contributed by atoms with Crippen LogP contribution in [0.4, 0.5) is 0 Å². The normalized spacial score (nSPS) is 16.5. The van der Waals surface area contributed by atoms with Crippen molar-refractivity contribution < 1.29 is 9.53 Å². The summed E-state index contributed by atoms with van der Waals surface area (Å²) in [4.78, 5) is 21.6. The Kier molecular flexibility index (Phi) is 4.77. The van der Waals surface area contributed by atoms with Crippen molar-refractivity contribution in [2.24, 2.45) is 11.0 Å². The Morgan fingerprint density at radius 1 is 1.11 bits per heavy atom. The molecule has 0 saturated heterocycles. The van der Waals surface area contributed by atoms with E-state index in [-0.39, 0.29) is 17.9 Å². The summed E-state index contributed by atoms with van der Waals surface area (Å²) in [6, 6.07) is 13.6. The summed E-state index contributed by atoms with van der Waals surface area (Å²) in [5.41, 5.74) is 4.48. The second-order valence-corrected chi connectivity index (χ2v) is 7.14. The van der Waals surface area contributed by atoms with Crippen LogP contribution >= 0.6 is 0 Å².